The molecule has 0 aliphatic carbocycles. The summed E-state index contributed by atoms with van der Waals surface area (Å²) in [5.74, 6) is -1.20. The zero-order valence-corrected chi connectivity index (χ0v) is 10.1. The number of carbonyl (C=O) groups is 1. The van der Waals surface area contributed by atoms with Crippen LogP contribution in [0.3, 0.4) is 0 Å². The van der Waals surface area contributed by atoms with Crippen LogP contribution in [-0.4, -0.2) is 43.6 Å². The number of benzene rings is 1. The molecule has 2 N–H and O–H groups in total. The van der Waals surface area contributed by atoms with Crippen molar-refractivity contribution in [3.05, 3.63) is 23.8 Å². The first-order chi connectivity index (χ1) is 8.60. The molecule has 7 heteroatoms. The van der Waals surface area contributed by atoms with Crippen LogP contribution in [0, 0.1) is 0 Å². The minimum atomic E-state index is -1.15. The lowest BCUT2D eigenvalue weighted by Crippen LogP contribution is -1.98. The van der Waals surface area contributed by atoms with E-state index in [4.69, 9.17) is 9.84 Å². The predicted octanol–water partition coefficient (Wildman–Crippen LogP) is 1.07. The molecule has 0 radical (unpaired) electrons. The highest BCUT2D eigenvalue weighted by atomic mass is 19.3. The minimum Gasteiger partial charge on any atom is -0.504 e. The number of rotatable bonds is 4. The van der Waals surface area contributed by atoms with Crippen molar-refractivity contribution >= 4 is 5.97 Å². The molecule has 1 rings (SSSR count). The summed E-state index contributed by atoms with van der Waals surface area (Å²) in [4.78, 5) is 13.6. The van der Waals surface area contributed by atoms with Crippen molar-refractivity contribution in [2.75, 3.05) is 27.4 Å². The number of carbonyl (C=O) groups excluding carboxylic acids is 1. The third kappa shape index (κ3) is 5.46. The Morgan fingerprint density at radius 2 is 2.06 bits per heavy atom. The van der Waals surface area contributed by atoms with Gasteiger partial charge < -0.3 is 19.7 Å². The highest BCUT2D eigenvalue weighted by Gasteiger charge is 2.10. The van der Waals surface area contributed by atoms with E-state index in [0.29, 0.717) is 6.61 Å². The number of methoxy groups -OCH3 is 2. The van der Waals surface area contributed by atoms with Crippen LogP contribution in [-0.2, 0) is 9.68 Å². The monoisotopic (exact) mass is 262 g/mol. The van der Waals surface area contributed by atoms with Crippen LogP contribution in [0.2, 0.25) is 0 Å². The quantitative estimate of drug-likeness (QED) is 0.844. The van der Waals surface area contributed by atoms with E-state index in [1.165, 1.54) is 19.2 Å². The molecular formula is C11H15FO6. The van der Waals surface area contributed by atoms with E-state index >= 15 is 0 Å². The molecule has 0 fully saturated rings. The maximum absolute atomic E-state index is 11.4. The topological polar surface area (TPSA) is 85.2 Å². The summed E-state index contributed by atoms with van der Waals surface area (Å²) in [7, 11) is 2.92. The Hall–Kier alpha value is -1.86. The van der Waals surface area contributed by atoms with Gasteiger partial charge in [-0.1, -0.05) is 0 Å². The van der Waals surface area contributed by atoms with Crippen molar-refractivity contribution in [2.45, 2.75) is 0 Å². The lowest BCUT2D eigenvalue weighted by Gasteiger charge is -2.02. The van der Waals surface area contributed by atoms with Gasteiger partial charge in [0.05, 0.1) is 25.9 Å². The molecule has 1 aromatic rings. The number of hydrogen-bond acceptors (Lipinski definition) is 6. The molecule has 0 spiro atoms. The number of phenols is 1. The van der Waals surface area contributed by atoms with E-state index in [2.05, 4.69) is 9.68 Å². The number of aromatic hydroxyl groups is 1. The summed E-state index contributed by atoms with van der Waals surface area (Å²) < 4.78 is 20.6. The highest BCUT2D eigenvalue weighted by molar-refractivity contribution is 5.89. The molecule has 0 saturated carbocycles. The SMILES string of the molecule is COCCO.COc1ccc(C(=O)OF)cc1O. The Kier molecular flexibility index (Phi) is 8.25. The van der Waals surface area contributed by atoms with Crippen LogP contribution in [0.25, 0.3) is 0 Å². The van der Waals surface area contributed by atoms with Crippen molar-refractivity contribution in [3.8, 4) is 11.5 Å². The molecule has 0 bridgehead atoms. The number of ether oxygens (including phenoxy) is 2. The van der Waals surface area contributed by atoms with Gasteiger partial charge in [0, 0.05) is 11.6 Å². The largest absolute Gasteiger partial charge is 0.504 e. The normalized spacial score (nSPS) is 9.11. The van der Waals surface area contributed by atoms with Gasteiger partial charge in [-0.05, 0) is 18.2 Å². The Bertz CT molecular complexity index is 367. The maximum atomic E-state index is 11.4. The van der Waals surface area contributed by atoms with E-state index < -0.39 is 5.97 Å². The molecule has 18 heavy (non-hydrogen) atoms. The third-order valence-electron chi connectivity index (χ3n) is 1.78. The summed E-state index contributed by atoms with van der Waals surface area (Å²) in [6.45, 7) is 0.566. The molecule has 0 aromatic heterocycles. The van der Waals surface area contributed by atoms with Gasteiger partial charge in [-0.3, -0.25) is 0 Å². The molecular weight excluding hydrogens is 247 g/mol. The molecule has 102 valence electrons. The van der Waals surface area contributed by atoms with Gasteiger partial charge in [0.15, 0.2) is 11.5 Å². The van der Waals surface area contributed by atoms with E-state index in [1.54, 1.807) is 7.11 Å². The van der Waals surface area contributed by atoms with Gasteiger partial charge in [-0.2, -0.15) is 0 Å². The summed E-state index contributed by atoms with van der Waals surface area (Å²) in [5.41, 5.74) is -0.0826. The van der Waals surface area contributed by atoms with Crippen LogP contribution < -0.4 is 4.74 Å². The highest BCUT2D eigenvalue weighted by Crippen LogP contribution is 2.26. The number of halogens is 1. The molecule has 0 heterocycles. The predicted molar refractivity (Wildman–Crippen MR) is 60.1 cm³/mol. The molecule has 0 amide bonds. The van der Waals surface area contributed by atoms with Crippen LogP contribution >= 0.6 is 0 Å². The van der Waals surface area contributed by atoms with E-state index in [-0.39, 0.29) is 23.7 Å². The van der Waals surface area contributed by atoms with Crippen LogP contribution in [0.15, 0.2) is 18.2 Å². The number of phenolic OH excluding ortho intramolecular Hbond substituents is 1. The Morgan fingerprint density at radius 1 is 1.39 bits per heavy atom. The smallest absolute Gasteiger partial charge is 0.379 e. The van der Waals surface area contributed by atoms with E-state index in [0.717, 1.165) is 6.07 Å². The Morgan fingerprint density at radius 3 is 2.39 bits per heavy atom. The fourth-order valence-electron chi connectivity index (χ4n) is 0.953. The first kappa shape index (κ1) is 16.1. The first-order valence-electron chi connectivity index (χ1n) is 4.90. The second kappa shape index (κ2) is 9.20. The van der Waals surface area contributed by atoms with Gasteiger partial charge in [0.25, 0.3) is 0 Å². The van der Waals surface area contributed by atoms with E-state index in [1.807, 2.05) is 0 Å². The van der Waals surface area contributed by atoms with Crippen LogP contribution in [0.1, 0.15) is 10.4 Å². The lowest BCUT2D eigenvalue weighted by atomic mass is 10.2. The summed E-state index contributed by atoms with van der Waals surface area (Å²) in [6, 6.07) is 3.67. The maximum Gasteiger partial charge on any atom is 0.379 e. The molecule has 6 nitrogen and oxygen atoms in total. The average Bonchev–Trinajstić information content (AvgIpc) is 2.39. The zero-order valence-electron chi connectivity index (χ0n) is 10.1. The van der Waals surface area contributed by atoms with Gasteiger partial charge in [0.2, 0.25) is 0 Å². The van der Waals surface area contributed by atoms with Crippen molar-refractivity contribution in [1.29, 1.82) is 0 Å². The van der Waals surface area contributed by atoms with Crippen molar-refractivity contribution in [1.82, 2.24) is 0 Å². The number of hydrogen-bond donors (Lipinski definition) is 2. The molecule has 0 unspecified atom stereocenters. The third-order valence-corrected chi connectivity index (χ3v) is 1.78. The van der Waals surface area contributed by atoms with Gasteiger partial charge in [0.1, 0.15) is 0 Å². The second-order valence-electron chi connectivity index (χ2n) is 2.97. The second-order valence-corrected chi connectivity index (χ2v) is 2.97. The molecule has 0 atom stereocenters. The standard InChI is InChI=1S/C8H7FO4.C3H8O2/c1-12-7-3-2-5(4-6(7)10)8(11)13-9;1-5-3-2-4/h2-4,10H,1H3;4H,2-3H2,1H3. The summed E-state index contributed by atoms with van der Waals surface area (Å²) >= 11 is 0. The fourth-order valence-corrected chi connectivity index (χ4v) is 0.953. The lowest BCUT2D eigenvalue weighted by molar-refractivity contribution is -0.0788. The number of aliphatic hydroxyl groups excluding tert-OH is 1. The molecule has 1 aromatic carbocycles. The first-order valence-corrected chi connectivity index (χ1v) is 4.90. The Balaban J connectivity index is 0.000000494. The number of aliphatic hydroxyl groups is 1. The van der Waals surface area contributed by atoms with Gasteiger partial charge in [-0.15, -0.1) is 0 Å². The molecule has 0 aliphatic rings. The van der Waals surface area contributed by atoms with Crippen molar-refractivity contribution in [3.63, 3.8) is 0 Å². The average molecular weight is 262 g/mol. The van der Waals surface area contributed by atoms with Crippen LogP contribution in [0.4, 0.5) is 4.53 Å². The van der Waals surface area contributed by atoms with Crippen molar-refractivity contribution in [2.24, 2.45) is 0 Å². The molecule has 0 saturated heterocycles. The van der Waals surface area contributed by atoms with Crippen molar-refractivity contribution < 1.29 is 33.9 Å². The van der Waals surface area contributed by atoms with Gasteiger partial charge >= 0.3 is 5.97 Å². The Labute approximate surface area is 103 Å². The zero-order chi connectivity index (χ0) is 14.0. The summed E-state index contributed by atoms with van der Waals surface area (Å²) in [6.07, 6.45) is 0. The van der Waals surface area contributed by atoms with Gasteiger partial charge in [-0.25, -0.2) is 9.74 Å². The fraction of sp³-hybridized carbons (Fsp3) is 0.364. The minimum absolute atomic E-state index is 0.0826. The molecule has 0 aliphatic heterocycles. The van der Waals surface area contributed by atoms with Crippen LogP contribution in [0.5, 0.6) is 11.5 Å². The van der Waals surface area contributed by atoms with E-state index in [9.17, 15) is 14.4 Å². The summed E-state index contributed by atoms with van der Waals surface area (Å²) in [5, 5.41) is 17.1.